The van der Waals surface area contributed by atoms with E-state index in [1.807, 2.05) is 0 Å². The molecule has 1 aromatic heterocycles. The fraction of sp³-hybridized carbons (Fsp3) is 0.100. The zero-order valence-electron chi connectivity index (χ0n) is 14.3. The molecule has 0 spiro atoms. The Hall–Kier alpha value is -2.76. The molecule has 138 valence electrons. The second-order valence-corrected chi connectivity index (χ2v) is 6.50. The average molecular weight is 404 g/mol. The van der Waals surface area contributed by atoms with Crippen molar-refractivity contribution >= 4 is 40.6 Å². The van der Waals surface area contributed by atoms with Gasteiger partial charge in [-0.3, -0.25) is 9.59 Å². The van der Waals surface area contributed by atoms with Gasteiger partial charge in [0.1, 0.15) is 18.1 Å². The Morgan fingerprint density at radius 3 is 2.30 bits per heavy atom. The molecule has 27 heavy (non-hydrogen) atoms. The fourth-order valence-electron chi connectivity index (χ4n) is 2.31. The number of halogens is 2. The van der Waals surface area contributed by atoms with Crippen LogP contribution in [-0.4, -0.2) is 11.7 Å². The standard InChI is InChI=1S/C20H15Cl2NO4/c1-12(24)13-5-7-14(8-6-13)26-11-15-9-10-18(27-15)20(25)23-19-16(21)3-2-4-17(19)22/h2-10H,11H2,1H3,(H,23,25). The summed E-state index contributed by atoms with van der Waals surface area (Å²) in [5.41, 5.74) is 0.933. The molecule has 2 aromatic carbocycles. The molecule has 1 heterocycles. The van der Waals surface area contributed by atoms with Crippen molar-refractivity contribution in [3.05, 3.63) is 81.7 Å². The number of benzene rings is 2. The summed E-state index contributed by atoms with van der Waals surface area (Å²) in [5.74, 6) is 0.687. The number of ether oxygens (including phenoxy) is 1. The third-order valence-electron chi connectivity index (χ3n) is 3.73. The Bertz CT molecular complexity index is 960. The van der Waals surface area contributed by atoms with Crippen LogP contribution in [0.4, 0.5) is 5.69 Å². The van der Waals surface area contributed by atoms with Crippen LogP contribution in [0, 0.1) is 0 Å². The largest absolute Gasteiger partial charge is 0.486 e. The number of Topliss-reactive ketones (excluding diaryl/α,β-unsaturated/α-hetero) is 1. The van der Waals surface area contributed by atoms with Gasteiger partial charge >= 0.3 is 0 Å². The second kappa shape index (κ2) is 8.29. The monoisotopic (exact) mass is 403 g/mol. The maximum Gasteiger partial charge on any atom is 0.291 e. The van der Waals surface area contributed by atoms with Crippen LogP contribution >= 0.6 is 23.2 Å². The smallest absolute Gasteiger partial charge is 0.291 e. The number of rotatable bonds is 6. The van der Waals surface area contributed by atoms with Crippen LogP contribution in [0.25, 0.3) is 0 Å². The number of para-hydroxylation sites is 1. The van der Waals surface area contributed by atoms with Crippen molar-refractivity contribution in [1.82, 2.24) is 0 Å². The van der Waals surface area contributed by atoms with Crippen molar-refractivity contribution in [2.75, 3.05) is 5.32 Å². The third-order valence-corrected chi connectivity index (χ3v) is 4.36. The first-order valence-electron chi connectivity index (χ1n) is 8.02. The van der Waals surface area contributed by atoms with Crippen LogP contribution in [0.3, 0.4) is 0 Å². The molecule has 0 unspecified atom stereocenters. The van der Waals surface area contributed by atoms with Gasteiger partial charge in [0, 0.05) is 5.56 Å². The van der Waals surface area contributed by atoms with Crippen molar-refractivity contribution < 1.29 is 18.7 Å². The molecular weight excluding hydrogens is 389 g/mol. The van der Waals surface area contributed by atoms with E-state index < -0.39 is 5.91 Å². The van der Waals surface area contributed by atoms with Crippen LogP contribution in [-0.2, 0) is 6.61 Å². The summed E-state index contributed by atoms with van der Waals surface area (Å²) in [6, 6.07) is 14.9. The number of carbonyl (C=O) groups is 2. The summed E-state index contributed by atoms with van der Waals surface area (Å²) in [6.45, 7) is 1.64. The van der Waals surface area contributed by atoms with Gasteiger partial charge in [-0.2, -0.15) is 0 Å². The minimum Gasteiger partial charge on any atom is -0.486 e. The molecule has 5 nitrogen and oxygen atoms in total. The maximum absolute atomic E-state index is 12.3. The van der Waals surface area contributed by atoms with Gasteiger partial charge in [-0.25, -0.2) is 0 Å². The molecule has 0 saturated carbocycles. The summed E-state index contributed by atoms with van der Waals surface area (Å²) in [7, 11) is 0. The van der Waals surface area contributed by atoms with Crippen LogP contribution in [0.15, 0.2) is 59.0 Å². The Kier molecular flexibility index (Phi) is 5.84. The molecule has 0 aliphatic heterocycles. The normalized spacial score (nSPS) is 10.5. The van der Waals surface area contributed by atoms with Gasteiger partial charge in [-0.15, -0.1) is 0 Å². The summed E-state index contributed by atoms with van der Waals surface area (Å²) >= 11 is 12.1. The number of furan rings is 1. The van der Waals surface area contributed by atoms with E-state index in [4.69, 9.17) is 32.4 Å². The van der Waals surface area contributed by atoms with Gasteiger partial charge in [-0.05, 0) is 55.5 Å². The predicted octanol–water partition coefficient (Wildman–Crippen LogP) is 5.62. The molecule has 0 fully saturated rings. The highest BCUT2D eigenvalue weighted by Gasteiger charge is 2.15. The number of anilines is 1. The first-order valence-corrected chi connectivity index (χ1v) is 8.77. The molecule has 1 amide bonds. The van der Waals surface area contributed by atoms with E-state index in [-0.39, 0.29) is 18.2 Å². The van der Waals surface area contributed by atoms with E-state index in [9.17, 15) is 9.59 Å². The van der Waals surface area contributed by atoms with E-state index in [0.29, 0.717) is 32.8 Å². The zero-order valence-corrected chi connectivity index (χ0v) is 15.8. The molecule has 0 aliphatic rings. The van der Waals surface area contributed by atoms with Crippen LogP contribution in [0.1, 0.15) is 33.6 Å². The number of ketones is 1. The Morgan fingerprint density at radius 2 is 1.67 bits per heavy atom. The SMILES string of the molecule is CC(=O)c1ccc(OCc2ccc(C(=O)Nc3c(Cl)cccc3Cl)o2)cc1. The maximum atomic E-state index is 12.3. The van der Waals surface area contributed by atoms with Crippen LogP contribution in [0.2, 0.25) is 10.0 Å². The fourth-order valence-corrected chi connectivity index (χ4v) is 2.80. The first-order chi connectivity index (χ1) is 12.9. The predicted molar refractivity (Wildman–Crippen MR) is 104 cm³/mol. The minimum atomic E-state index is -0.470. The lowest BCUT2D eigenvalue weighted by molar-refractivity contribution is 0.0990. The number of amides is 1. The van der Waals surface area contributed by atoms with Crippen LogP contribution < -0.4 is 10.1 Å². The van der Waals surface area contributed by atoms with Crippen LogP contribution in [0.5, 0.6) is 5.75 Å². The lowest BCUT2D eigenvalue weighted by Crippen LogP contribution is -2.11. The van der Waals surface area contributed by atoms with Crippen molar-refractivity contribution in [3.8, 4) is 5.75 Å². The van der Waals surface area contributed by atoms with Crippen molar-refractivity contribution in [1.29, 1.82) is 0 Å². The van der Waals surface area contributed by atoms with Crippen molar-refractivity contribution in [2.45, 2.75) is 13.5 Å². The van der Waals surface area contributed by atoms with E-state index in [1.165, 1.54) is 13.0 Å². The van der Waals surface area contributed by atoms with Gasteiger partial charge in [0.05, 0.1) is 15.7 Å². The minimum absolute atomic E-state index is 0.0122. The number of hydrogen-bond acceptors (Lipinski definition) is 4. The van der Waals surface area contributed by atoms with Gasteiger partial charge in [-0.1, -0.05) is 29.3 Å². The lowest BCUT2D eigenvalue weighted by atomic mass is 10.1. The zero-order chi connectivity index (χ0) is 19.4. The van der Waals surface area contributed by atoms with Gasteiger partial charge < -0.3 is 14.5 Å². The lowest BCUT2D eigenvalue weighted by Gasteiger charge is -2.07. The van der Waals surface area contributed by atoms with E-state index in [0.717, 1.165) is 0 Å². The molecule has 0 aliphatic carbocycles. The van der Waals surface area contributed by atoms with Crippen molar-refractivity contribution in [2.24, 2.45) is 0 Å². The summed E-state index contributed by atoms with van der Waals surface area (Å²) in [6.07, 6.45) is 0. The van der Waals surface area contributed by atoms with Gasteiger partial charge in [0.15, 0.2) is 11.5 Å². The number of carbonyl (C=O) groups excluding carboxylic acids is 2. The topological polar surface area (TPSA) is 68.5 Å². The Morgan fingerprint density at radius 1 is 1.00 bits per heavy atom. The number of nitrogens with one attached hydrogen (secondary N) is 1. The highest BCUT2D eigenvalue weighted by Crippen LogP contribution is 2.30. The van der Waals surface area contributed by atoms with Gasteiger partial charge in [0.2, 0.25) is 0 Å². The molecular formula is C20H15Cl2NO4. The summed E-state index contributed by atoms with van der Waals surface area (Å²) in [4.78, 5) is 23.6. The third kappa shape index (κ3) is 4.70. The van der Waals surface area contributed by atoms with E-state index >= 15 is 0 Å². The first kappa shape index (κ1) is 19.0. The molecule has 3 rings (SSSR count). The molecule has 1 N–H and O–H groups in total. The highest BCUT2D eigenvalue weighted by atomic mass is 35.5. The van der Waals surface area contributed by atoms with E-state index in [2.05, 4.69) is 5.32 Å². The molecule has 0 radical (unpaired) electrons. The molecule has 0 bridgehead atoms. The quantitative estimate of drug-likeness (QED) is 0.542. The molecule has 0 atom stereocenters. The molecule has 0 saturated heterocycles. The number of hydrogen-bond donors (Lipinski definition) is 1. The Balaban J connectivity index is 1.62. The van der Waals surface area contributed by atoms with Crippen molar-refractivity contribution in [3.63, 3.8) is 0 Å². The molecule has 7 heteroatoms. The van der Waals surface area contributed by atoms with E-state index in [1.54, 1.807) is 48.5 Å². The second-order valence-electron chi connectivity index (χ2n) is 5.69. The van der Waals surface area contributed by atoms with Gasteiger partial charge in [0.25, 0.3) is 5.91 Å². The summed E-state index contributed by atoms with van der Waals surface area (Å²) < 4.78 is 11.1. The average Bonchev–Trinajstić information content (AvgIpc) is 3.12. The summed E-state index contributed by atoms with van der Waals surface area (Å²) in [5, 5.41) is 3.30. The Labute approximate surface area is 165 Å². The highest BCUT2D eigenvalue weighted by molar-refractivity contribution is 6.39. The molecule has 3 aromatic rings.